The van der Waals surface area contributed by atoms with Crippen molar-refractivity contribution in [1.29, 1.82) is 0 Å². The largest absolute Gasteiger partial charge is 0.494 e. The first-order valence-corrected chi connectivity index (χ1v) is 12.2. The summed E-state index contributed by atoms with van der Waals surface area (Å²) in [6, 6.07) is 15.9. The lowest BCUT2D eigenvalue weighted by atomic mass is 10.2. The molecule has 3 aromatic carbocycles. The number of halogens is 3. The highest BCUT2D eigenvalue weighted by atomic mass is 79.9. The predicted molar refractivity (Wildman–Crippen MR) is 142 cm³/mol. The van der Waals surface area contributed by atoms with Gasteiger partial charge < -0.3 is 14.8 Å². The standard InChI is InChI=1S/C25H20BrCl2N3O5/c1-2-11-35-19-7-3-15(4-8-19)25(34)36-22-10-5-17(26)12-16(22)14-29-31-24(33)23(32)30-18-6-9-20(27)21(28)13-18/h3-10,12-14H,2,11H2,1H3,(H,30,32)(H,31,33)/b29-14-. The van der Waals surface area contributed by atoms with Gasteiger partial charge in [0.15, 0.2) is 0 Å². The third-order valence-electron chi connectivity index (χ3n) is 4.49. The molecular weight excluding hydrogens is 573 g/mol. The monoisotopic (exact) mass is 591 g/mol. The highest BCUT2D eigenvalue weighted by Crippen LogP contribution is 2.25. The molecule has 8 nitrogen and oxygen atoms in total. The summed E-state index contributed by atoms with van der Waals surface area (Å²) in [7, 11) is 0. The number of nitrogens with one attached hydrogen (secondary N) is 2. The molecule has 3 aromatic rings. The zero-order valence-corrected chi connectivity index (χ0v) is 22.0. The third kappa shape index (κ3) is 7.81. The van der Waals surface area contributed by atoms with Crippen LogP contribution in [-0.4, -0.2) is 30.6 Å². The lowest BCUT2D eigenvalue weighted by molar-refractivity contribution is -0.136. The number of hydrogen-bond acceptors (Lipinski definition) is 6. The minimum absolute atomic E-state index is 0.202. The number of esters is 1. The number of anilines is 1. The van der Waals surface area contributed by atoms with E-state index in [0.717, 1.165) is 6.42 Å². The van der Waals surface area contributed by atoms with Crippen molar-refractivity contribution >= 4 is 68.8 Å². The summed E-state index contributed by atoms with van der Waals surface area (Å²) in [5, 5.41) is 6.72. The van der Waals surface area contributed by atoms with Crippen LogP contribution in [0, 0.1) is 0 Å². The summed E-state index contributed by atoms with van der Waals surface area (Å²) in [5.41, 5.74) is 3.12. The molecule has 0 saturated carbocycles. The van der Waals surface area contributed by atoms with Gasteiger partial charge in [-0.2, -0.15) is 5.10 Å². The maximum absolute atomic E-state index is 12.6. The number of hydrazone groups is 1. The van der Waals surface area contributed by atoms with Crippen LogP contribution in [0.2, 0.25) is 10.0 Å². The van der Waals surface area contributed by atoms with E-state index in [1.54, 1.807) is 42.5 Å². The van der Waals surface area contributed by atoms with Crippen molar-refractivity contribution in [2.24, 2.45) is 5.10 Å². The van der Waals surface area contributed by atoms with E-state index in [-0.39, 0.29) is 10.8 Å². The van der Waals surface area contributed by atoms with Gasteiger partial charge in [0.1, 0.15) is 11.5 Å². The molecule has 0 unspecified atom stereocenters. The van der Waals surface area contributed by atoms with Crippen molar-refractivity contribution in [2.45, 2.75) is 13.3 Å². The Bertz CT molecular complexity index is 1300. The number of amides is 2. The first kappa shape index (κ1) is 27.2. The Kier molecular flexibility index (Phi) is 9.86. The smallest absolute Gasteiger partial charge is 0.343 e. The van der Waals surface area contributed by atoms with Crippen LogP contribution in [0.25, 0.3) is 0 Å². The van der Waals surface area contributed by atoms with E-state index in [4.69, 9.17) is 32.7 Å². The molecule has 36 heavy (non-hydrogen) atoms. The van der Waals surface area contributed by atoms with Gasteiger partial charge in [-0.05, 0) is 67.1 Å². The van der Waals surface area contributed by atoms with E-state index in [1.807, 2.05) is 6.92 Å². The first-order chi connectivity index (χ1) is 17.3. The first-order valence-electron chi connectivity index (χ1n) is 10.6. The fourth-order valence-electron chi connectivity index (χ4n) is 2.75. The van der Waals surface area contributed by atoms with Gasteiger partial charge in [0.2, 0.25) is 0 Å². The molecule has 186 valence electrons. The average molecular weight is 593 g/mol. The van der Waals surface area contributed by atoms with E-state index in [2.05, 4.69) is 31.8 Å². The Morgan fingerprint density at radius 1 is 0.972 bits per heavy atom. The summed E-state index contributed by atoms with van der Waals surface area (Å²) in [6.45, 7) is 2.59. The summed E-state index contributed by atoms with van der Waals surface area (Å²) in [4.78, 5) is 36.8. The van der Waals surface area contributed by atoms with Crippen LogP contribution in [-0.2, 0) is 9.59 Å². The van der Waals surface area contributed by atoms with Crippen LogP contribution in [0.4, 0.5) is 5.69 Å². The number of ether oxygens (including phenoxy) is 2. The van der Waals surface area contributed by atoms with Crippen LogP contribution in [0.3, 0.4) is 0 Å². The molecule has 0 aliphatic heterocycles. The number of hydrogen-bond donors (Lipinski definition) is 2. The summed E-state index contributed by atoms with van der Waals surface area (Å²) >= 11 is 15.1. The summed E-state index contributed by atoms with van der Waals surface area (Å²) < 4.78 is 11.7. The average Bonchev–Trinajstić information content (AvgIpc) is 2.86. The van der Waals surface area contributed by atoms with Gasteiger partial charge >= 0.3 is 17.8 Å². The SMILES string of the molecule is CCCOc1ccc(C(=O)Oc2ccc(Br)cc2/C=N\NC(=O)C(=O)Nc2ccc(Cl)c(Cl)c2)cc1. The molecule has 0 bridgehead atoms. The number of carbonyl (C=O) groups excluding carboxylic acids is 3. The van der Waals surface area contributed by atoms with Crippen LogP contribution < -0.4 is 20.2 Å². The van der Waals surface area contributed by atoms with Crippen molar-refractivity contribution in [3.63, 3.8) is 0 Å². The maximum atomic E-state index is 12.6. The molecule has 2 N–H and O–H groups in total. The van der Waals surface area contributed by atoms with E-state index >= 15 is 0 Å². The van der Waals surface area contributed by atoms with Crippen LogP contribution in [0.5, 0.6) is 11.5 Å². The number of nitrogens with zero attached hydrogens (tertiary/aromatic N) is 1. The molecule has 0 fully saturated rings. The van der Waals surface area contributed by atoms with Crippen LogP contribution in [0.1, 0.15) is 29.3 Å². The molecule has 0 saturated heterocycles. The number of rotatable bonds is 8. The summed E-state index contributed by atoms with van der Waals surface area (Å²) in [5.74, 6) is -1.70. The molecule has 0 aromatic heterocycles. The fourth-order valence-corrected chi connectivity index (χ4v) is 3.43. The fraction of sp³-hybridized carbons (Fsp3) is 0.120. The van der Waals surface area contributed by atoms with E-state index < -0.39 is 17.8 Å². The summed E-state index contributed by atoms with van der Waals surface area (Å²) in [6.07, 6.45) is 2.12. The van der Waals surface area contributed by atoms with Crippen molar-refractivity contribution in [3.8, 4) is 11.5 Å². The molecule has 0 spiro atoms. The number of carbonyl (C=O) groups is 3. The highest BCUT2D eigenvalue weighted by Gasteiger charge is 2.15. The van der Waals surface area contributed by atoms with E-state index in [0.29, 0.717) is 38.7 Å². The van der Waals surface area contributed by atoms with Crippen molar-refractivity contribution < 1.29 is 23.9 Å². The molecule has 0 aliphatic carbocycles. The zero-order chi connectivity index (χ0) is 26.1. The van der Waals surface area contributed by atoms with Crippen LogP contribution >= 0.6 is 39.1 Å². The predicted octanol–water partition coefficient (Wildman–Crippen LogP) is 5.85. The molecule has 11 heteroatoms. The molecule has 2 amide bonds. The van der Waals surface area contributed by atoms with Gasteiger partial charge in [0.05, 0.1) is 28.4 Å². The third-order valence-corrected chi connectivity index (χ3v) is 5.72. The molecular formula is C25H20BrCl2N3O5. The van der Waals surface area contributed by atoms with E-state index in [9.17, 15) is 14.4 Å². The highest BCUT2D eigenvalue weighted by molar-refractivity contribution is 9.10. The van der Waals surface area contributed by atoms with E-state index in [1.165, 1.54) is 24.4 Å². The molecule has 0 radical (unpaired) electrons. The van der Waals surface area contributed by atoms with Gasteiger partial charge in [-0.3, -0.25) is 9.59 Å². The minimum atomic E-state index is -1.02. The van der Waals surface area contributed by atoms with Gasteiger partial charge in [-0.1, -0.05) is 46.1 Å². The Morgan fingerprint density at radius 3 is 2.42 bits per heavy atom. The van der Waals surface area contributed by atoms with Gasteiger partial charge in [-0.25, -0.2) is 10.2 Å². The zero-order valence-electron chi connectivity index (χ0n) is 18.9. The van der Waals surface area contributed by atoms with Gasteiger partial charge in [0, 0.05) is 15.7 Å². The molecule has 0 aliphatic rings. The topological polar surface area (TPSA) is 106 Å². The second-order valence-corrected chi connectivity index (χ2v) is 8.96. The number of benzene rings is 3. The second-order valence-electron chi connectivity index (χ2n) is 7.23. The van der Waals surface area contributed by atoms with Crippen molar-refractivity contribution in [2.75, 3.05) is 11.9 Å². The minimum Gasteiger partial charge on any atom is -0.494 e. The van der Waals surface area contributed by atoms with Crippen LogP contribution in [0.15, 0.2) is 70.2 Å². The molecule has 0 atom stereocenters. The Hall–Kier alpha value is -3.40. The lowest BCUT2D eigenvalue weighted by Gasteiger charge is -2.09. The quantitative estimate of drug-likeness (QED) is 0.112. The Balaban J connectivity index is 1.63. The second kappa shape index (κ2) is 13.1. The Labute approximate surface area is 225 Å². The molecule has 3 rings (SSSR count). The van der Waals surface area contributed by atoms with Gasteiger partial charge in [-0.15, -0.1) is 0 Å². The maximum Gasteiger partial charge on any atom is 0.343 e. The van der Waals surface area contributed by atoms with Gasteiger partial charge in [0.25, 0.3) is 0 Å². The normalized spacial score (nSPS) is 10.7. The van der Waals surface area contributed by atoms with Crippen molar-refractivity contribution in [3.05, 3.63) is 86.3 Å². The van der Waals surface area contributed by atoms with Crippen molar-refractivity contribution in [1.82, 2.24) is 5.43 Å². The lowest BCUT2D eigenvalue weighted by Crippen LogP contribution is -2.32. The Morgan fingerprint density at radius 2 is 1.72 bits per heavy atom. The molecule has 0 heterocycles.